The Hall–Kier alpha value is -1.53. The van der Waals surface area contributed by atoms with Crippen molar-refractivity contribution in [1.29, 1.82) is 0 Å². The first-order valence-electron chi connectivity index (χ1n) is 8.47. The third-order valence-corrected chi connectivity index (χ3v) is 5.03. The second-order valence-corrected chi connectivity index (χ2v) is 7.59. The molecule has 0 saturated carbocycles. The van der Waals surface area contributed by atoms with Gasteiger partial charge < -0.3 is 9.05 Å². The molecular formula is C20H27O2P. The molecule has 0 atom stereocenters. The summed E-state index contributed by atoms with van der Waals surface area (Å²) in [7, 11) is -0.945. The van der Waals surface area contributed by atoms with Crippen molar-refractivity contribution in [2.24, 2.45) is 5.92 Å². The van der Waals surface area contributed by atoms with Crippen LogP contribution in [0.1, 0.15) is 39.5 Å². The molecule has 0 amide bonds. The molecule has 0 fully saturated rings. The van der Waals surface area contributed by atoms with E-state index in [0.29, 0.717) is 0 Å². The first kappa shape index (κ1) is 17.8. The topological polar surface area (TPSA) is 18.5 Å². The van der Waals surface area contributed by atoms with Crippen LogP contribution in [0.25, 0.3) is 0 Å². The number of para-hydroxylation sites is 2. The van der Waals surface area contributed by atoms with Gasteiger partial charge in [0.15, 0.2) is 0 Å². The lowest BCUT2D eigenvalue weighted by molar-refractivity contribution is 0.482. The van der Waals surface area contributed by atoms with Crippen LogP contribution in [0.2, 0.25) is 0 Å². The Kier molecular flexibility index (Phi) is 7.97. The van der Waals surface area contributed by atoms with E-state index in [2.05, 4.69) is 13.8 Å². The first-order chi connectivity index (χ1) is 11.2. The van der Waals surface area contributed by atoms with Gasteiger partial charge in [0.1, 0.15) is 11.5 Å². The second kappa shape index (κ2) is 10.3. The van der Waals surface area contributed by atoms with Crippen LogP contribution in [-0.4, -0.2) is 6.16 Å². The summed E-state index contributed by atoms with van der Waals surface area (Å²) < 4.78 is 12.2. The van der Waals surface area contributed by atoms with Crippen LogP contribution in [0.3, 0.4) is 0 Å². The molecular weight excluding hydrogens is 303 g/mol. The molecule has 23 heavy (non-hydrogen) atoms. The van der Waals surface area contributed by atoms with E-state index in [4.69, 9.17) is 9.05 Å². The molecule has 124 valence electrons. The third-order valence-electron chi connectivity index (χ3n) is 3.52. The Balaban J connectivity index is 1.86. The lowest BCUT2D eigenvalue weighted by Crippen LogP contribution is -2.00. The van der Waals surface area contributed by atoms with Gasteiger partial charge in [-0.15, -0.1) is 0 Å². The molecule has 2 rings (SSSR count). The van der Waals surface area contributed by atoms with Gasteiger partial charge in [-0.2, -0.15) is 0 Å². The van der Waals surface area contributed by atoms with Crippen molar-refractivity contribution < 1.29 is 9.05 Å². The fourth-order valence-corrected chi connectivity index (χ4v) is 3.69. The number of rotatable bonds is 10. The highest BCUT2D eigenvalue weighted by atomic mass is 31.2. The van der Waals surface area contributed by atoms with Gasteiger partial charge in [-0.05, 0) is 36.6 Å². The van der Waals surface area contributed by atoms with Gasteiger partial charge in [0, 0.05) is 6.16 Å². The molecule has 3 heteroatoms. The lowest BCUT2D eigenvalue weighted by Gasteiger charge is -2.18. The molecule has 0 bridgehead atoms. The zero-order valence-corrected chi connectivity index (χ0v) is 15.0. The third kappa shape index (κ3) is 7.52. The average molecular weight is 330 g/mol. The van der Waals surface area contributed by atoms with Crippen molar-refractivity contribution in [1.82, 2.24) is 0 Å². The molecule has 2 aromatic rings. The standard InChI is InChI=1S/C20H27O2P/c1-18(2)12-6-5-11-17-23(21-19-13-7-3-8-14-19)22-20-15-9-4-10-16-20/h3-4,7-10,13-16,18H,5-6,11-12,17H2,1-2H3. The minimum absolute atomic E-state index is 0.789. The van der Waals surface area contributed by atoms with Gasteiger partial charge >= 0.3 is 0 Å². The van der Waals surface area contributed by atoms with Crippen LogP contribution in [0.15, 0.2) is 60.7 Å². The molecule has 0 radical (unpaired) electrons. The summed E-state index contributed by atoms with van der Waals surface area (Å²) in [6.45, 7) is 4.56. The van der Waals surface area contributed by atoms with E-state index in [-0.39, 0.29) is 0 Å². The SMILES string of the molecule is CC(C)CCCCCP(Oc1ccccc1)Oc1ccccc1. The molecule has 0 saturated heterocycles. The molecule has 0 aliphatic carbocycles. The second-order valence-electron chi connectivity index (χ2n) is 6.11. The number of hydrogen-bond donors (Lipinski definition) is 0. The average Bonchev–Trinajstić information content (AvgIpc) is 2.56. The van der Waals surface area contributed by atoms with E-state index in [1.54, 1.807) is 0 Å². The Morgan fingerprint density at radius 3 is 1.74 bits per heavy atom. The highest BCUT2D eigenvalue weighted by Gasteiger charge is 2.14. The lowest BCUT2D eigenvalue weighted by atomic mass is 10.1. The van der Waals surface area contributed by atoms with Crippen LogP contribution in [0, 0.1) is 5.92 Å². The minimum Gasteiger partial charge on any atom is -0.439 e. The van der Waals surface area contributed by atoms with Gasteiger partial charge in [0.2, 0.25) is 0 Å². The summed E-state index contributed by atoms with van der Waals surface area (Å²) in [5.41, 5.74) is 0. The van der Waals surface area contributed by atoms with E-state index in [0.717, 1.165) is 30.0 Å². The Morgan fingerprint density at radius 1 is 0.739 bits per heavy atom. The van der Waals surface area contributed by atoms with E-state index in [9.17, 15) is 0 Å². The van der Waals surface area contributed by atoms with Gasteiger partial charge in [0.25, 0.3) is 8.38 Å². The monoisotopic (exact) mass is 330 g/mol. The summed E-state index contributed by atoms with van der Waals surface area (Å²) >= 11 is 0. The first-order valence-corrected chi connectivity index (χ1v) is 9.84. The van der Waals surface area contributed by atoms with Gasteiger partial charge in [-0.25, -0.2) is 0 Å². The van der Waals surface area contributed by atoms with Crippen LogP contribution in [0.4, 0.5) is 0 Å². The summed E-state index contributed by atoms with van der Waals surface area (Å²) in [4.78, 5) is 0. The van der Waals surface area contributed by atoms with Crippen molar-refractivity contribution in [3.05, 3.63) is 60.7 Å². The fourth-order valence-electron chi connectivity index (χ4n) is 2.28. The normalized spacial score (nSPS) is 11.0. The maximum absolute atomic E-state index is 6.09. The van der Waals surface area contributed by atoms with E-state index < -0.39 is 8.38 Å². The predicted molar refractivity (Wildman–Crippen MR) is 99.2 cm³/mol. The maximum atomic E-state index is 6.09. The predicted octanol–water partition coefficient (Wildman–Crippen LogP) is 6.67. The van der Waals surface area contributed by atoms with E-state index in [1.165, 1.54) is 19.3 Å². The Labute approximate surface area is 141 Å². The maximum Gasteiger partial charge on any atom is 0.290 e. The number of unbranched alkanes of at least 4 members (excludes halogenated alkanes) is 2. The highest BCUT2D eigenvalue weighted by Crippen LogP contribution is 2.41. The summed E-state index contributed by atoms with van der Waals surface area (Å²) in [5, 5.41) is 0. The highest BCUT2D eigenvalue weighted by molar-refractivity contribution is 7.48. The van der Waals surface area contributed by atoms with Gasteiger partial charge in [-0.1, -0.05) is 69.5 Å². The fraction of sp³-hybridized carbons (Fsp3) is 0.400. The summed E-state index contributed by atoms with van der Waals surface area (Å²) in [5.74, 6) is 2.56. The zero-order chi connectivity index (χ0) is 16.3. The van der Waals surface area contributed by atoms with Crippen LogP contribution >= 0.6 is 8.38 Å². The molecule has 0 spiro atoms. The summed E-state index contributed by atoms with van der Waals surface area (Å²) in [6.07, 6.45) is 5.96. The van der Waals surface area contributed by atoms with Gasteiger partial charge in [-0.3, -0.25) is 0 Å². The molecule has 0 unspecified atom stereocenters. The van der Waals surface area contributed by atoms with Crippen molar-refractivity contribution >= 4 is 8.38 Å². The molecule has 0 aliphatic rings. The quantitative estimate of drug-likeness (QED) is 0.357. The largest absolute Gasteiger partial charge is 0.439 e. The molecule has 2 nitrogen and oxygen atoms in total. The van der Waals surface area contributed by atoms with Crippen molar-refractivity contribution in [2.75, 3.05) is 6.16 Å². The van der Waals surface area contributed by atoms with Gasteiger partial charge in [0.05, 0.1) is 0 Å². The Bertz CT molecular complexity index is 486. The van der Waals surface area contributed by atoms with Crippen LogP contribution in [0.5, 0.6) is 11.5 Å². The molecule has 0 aromatic heterocycles. The summed E-state index contributed by atoms with van der Waals surface area (Å²) in [6, 6.07) is 19.9. The minimum atomic E-state index is -0.945. The van der Waals surface area contributed by atoms with Crippen LogP contribution in [-0.2, 0) is 0 Å². The van der Waals surface area contributed by atoms with Crippen LogP contribution < -0.4 is 9.05 Å². The molecule has 0 N–H and O–H groups in total. The smallest absolute Gasteiger partial charge is 0.290 e. The Morgan fingerprint density at radius 2 is 1.26 bits per heavy atom. The van der Waals surface area contributed by atoms with Crippen molar-refractivity contribution in [3.8, 4) is 11.5 Å². The molecule has 0 aliphatic heterocycles. The zero-order valence-electron chi connectivity index (χ0n) is 14.2. The van der Waals surface area contributed by atoms with E-state index >= 15 is 0 Å². The van der Waals surface area contributed by atoms with E-state index in [1.807, 2.05) is 60.7 Å². The number of benzene rings is 2. The molecule has 2 aromatic carbocycles. The molecule has 0 heterocycles. The van der Waals surface area contributed by atoms with Crippen molar-refractivity contribution in [3.63, 3.8) is 0 Å². The van der Waals surface area contributed by atoms with Crippen molar-refractivity contribution in [2.45, 2.75) is 39.5 Å². The number of hydrogen-bond acceptors (Lipinski definition) is 2.